The molecule has 3 aromatic rings. The third-order valence-electron chi connectivity index (χ3n) is 8.03. The molecule has 1 aromatic heterocycles. The van der Waals surface area contributed by atoms with Crippen molar-refractivity contribution in [3.63, 3.8) is 0 Å². The molecule has 0 spiro atoms. The minimum absolute atomic E-state index is 0.0689. The number of carbonyl (C=O) groups is 2. The van der Waals surface area contributed by atoms with Gasteiger partial charge in [0, 0.05) is 34.6 Å². The first kappa shape index (κ1) is 22.4. The summed E-state index contributed by atoms with van der Waals surface area (Å²) in [6, 6.07) is 22.3. The average Bonchev–Trinajstić information content (AvgIpc) is 3.60. The summed E-state index contributed by atoms with van der Waals surface area (Å²) < 4.78 is 0. The van der Waals surface area contributed by atoms with Crippen LogP contribution in [0.3, 0.4) is 0 Å². The standard InChI is InChI=1S/C29H31N3O2S/c33-28(19-9-2-1-3-10-19)31-24-14-7-5-12-21(24)29(34)32-17-16-22-26(25-15-8-18-35-25)30-23-13-6-4-11-20(23)27(22)32/h1-4,6,8-11,13,15,18,21-22,24,26-27,30H,5,7,12,14,16-17H2,(H,31,33)/t21-,22-,24+,26-,27+/m0/s1. The van der Waals surface area contributed by atoms with Crippen molar-refractivity contribution >= 4 is 28.8 Å². The Balaban J connectivity index is 1.27. The summed E-state index contributed by atoms with van der Waals surface area (Å²) in [5, 5.41) is 9.12. The number of amides is 2. The molecule has 2 aliphatic heterocycles. The summed E-state index contributed by atoms with van der Waals surface area (Å²) in [6.45, 7) is 0.766. The molecule has 1 saturated carbocycles. The number of carbonyl (C=O) groups excluding carboxylic acids is 2. The van der Waals surface area contributed by atoms with Gasteiger partial charge in [0.15, 0.2) is 0 Å². The molecule has 3 aliphatic rings. The van der Waals surface area contributed by atoms with Crippen LogP contribution >= 0.6 is 11.3 Å². The van der Waals surface area contributed by atoms with Gasteiger partial charge in [-0.05, 0) is 54.5 Å². The first-order valence-electron chi connectivity index (χ1n) is 12.8. The van der Waals surface area contributed by atoms with Crippen LogP contribution in [0.25, 0.3) is 0 Å². The lowest BCUT2D eigenvalue weighted by molar-refractivity contribution is -0.138. The SMILES string of the molecule is O=C(N[C@@H]1CCCC[C@@H]1C(=O)N1CC[C@H]2[C@@H](c3cccs3)Nc3ccccc3[C@H]21)c1ccccc1. The number of hydrogen-bond acceptors (Lipinski definition) is 4. The minimum Gasteiger partial charge on any atom is -0.377 e. The van der Waals surface area contributed by atoms with Gasteiger partial charge in [0.25, 0.3) is 5.91 Å². The summed E-state index contributed by atoms with van der Waals surface area (Å²) in [7, 11) is 0. The third-order valence-corrected chi connectivity index (χ3v) is 8.99. The zero-order valence-electron chi connectivity index (χ0n) is 19.7. The van der Waals surface area contributed by atoms with Crippen molar-refractivity contribution < 1.29 is 9.59 Å². The van der Waals surface area contributed by atoms with Gasteiger partial charge in [-0.15, -0.1) is 11.3 Å². The molecule has 2 fully saturated rings. The number of rotatable bonds is 4. The molecular formula is C29H31N3O2S. The number of thiophene rings is 1. The maximum absolute atomic E-state index is 14.1. The molecule has 180 valence electrons. The summed E-state index contributed by atoms with van der Waals surface area (Å²) in [5.41, 5.74) is 3.00. The molecule has 2 aromatic carbocycles. The molecule has 1 aliphatic carbocycles. The molecule has 5 nitrogen and oxygen atoms in total. The third kappa shape index (κ3) is 4.14. The van der Waals surface area contributed by atoms with Gasteiger partial charge in [0.05, 0.1) is 18.0 Å². The second kappa shape index (κ2) is 9.50. The highest BCUT2D eigenvalue weighted by Crippen LogP contribution is 2.52. The second-order valence-electron chi connectivity index (χ2n) is 9.99. The predicted molar refractivity (Wildman–Crippen MR) is 139 cm³/mol. The van der Waals surface area contributed by atoms with Crippen molar-refractivity contribution in [3.05, 3.63) is 88.1 Å². The predicted octanol–water partition coefficient (Wildman–Crippen LogP) is 5.79. The Bertz CT molecular complexity index is 1200. The summed E-state index contributed by atoms with van der Waals surface area (Å²) in [6.07, 6.45) is 4.75. The van der Waals surface area contributed by atoms with Gasteiger partial charge in [-0.3, -0.25) is 9.59 Å². The number of fused-ring (bicyclic) bond motifs is 3. The van der Waals surface area contributed by atoms with E-state index < -0.39 is 0 Å². The zero-order chi connectivity index (χ0) is 23.8. The number of hydrogen-bond donors (Lipinski definition) is 2. The molecule has 0 unspecified atom stereocenters. The number of nitrogens with zero attached hydrogens (tertiary/aromatic N) is 1. The lowest BCUT2D eigenvalue weighted by atomic mass is 9.80. The van der Waals surface area contributed by atoms with Gasteiger partial charge in [-0.25, -0.2) is 0 Å². The highest BCUT2D eigenvalue weighted by Gasteiger charge is 2.48. The van der Waals surface area contributed by atoms with Crippen molar-refractivity contribution in [2.45, 2.75) is 50.2 Å². The van der Waals surface area contributed by atoms with Gasteiger partial charge < -0.3 is 15.5 Å². The normalized spacial score (nSPS) is 27.4. The monoisotopic (exact) mass is 485 g/mol. The maximum atomic E-state index is 14.1. The van der Waals surface area contributed by atoms with E-state index in [1.807, 2.05) is 30.3 Å². The number of benzene rings is 2. The van der Waals surface area contributed by atoms with Crippen molar-refractivity contribution in [3.8, 4) is 0 Å². The molecule has 0 bridgehead atoms. The van der Waals surface area contributed by atoms with Crippen LogP contribution < -0.4 is 10.6 Å². The van der Waals surface area contributed by atoms with Gasteiger partial charge in [0.2, 0.25) is 5.91 Å². The maximum Gasteiger partial charge on any atom is 0.251 e. The largest absolute Gasteiger partial charge is 0.377 e. The highest BCUT2D eigenvalue weighted by molar-refractivity contribution is 7.10. The molecule has 2 amide bonds. The van der Waals surface area contributed by atoms with Crippen molar-refractivity contribution in [2.24, 2.45) is 11.8 Å². The van der Waals surface area contributed by atoms with Crippen LogP contribution in [0.2, 0.25) is 0 Å². The van der Waals surface area contributed by atoms with E-state index in [9.17, 15) is 9.59 Å². The molecule has 6 heteroatoms. The van der Waals surface area contributed by atoms with Gasteiger partial charge >= 0.3 is 0 Å². The molecule has 3 heterocycles. The fourth-order valence-electron chi connectivity index (χ4n) is 6.38. The van der Waals surface area contributed by atoms with Crippen LogP contribution in [0.1, 0.15) is 65.0 Å². The molecule has 1 saturated heterocycles. The quantitative estimate of drug-likeness (QED) is 0.491. The van der Waals surface area contributed by atoms with Crippen LogP contribution in [0, 0.1) is 11.8 Å². The van der Waals surface area contributed by atoms with E-state index in [0.29, 0.717) is 11.5 Å². The Hall–Kier alpha value is -3.12. The van der Waals surface area contributed by atoms with Gasteiger partial charge in [-0.1, -0.05) is 55.3 Å². The van der Waals surface area contributed by atoms with E-state index in [1.165, 1.54) is 10.4 Å². The number of likely N-dealkylation sites (tertiary alicyclic amines) is 1. The first-order valence-corrected chi connectivity index (χ1v) is 13.6. The Morgan fingerprint density at radius 2 is 1.71 bits per heavy atom. The zero-order valence-corrected chi connectivity index (χ0v) is 20.5. The lowest BCUT2D eigenvalue weighted by Gasteiger charge is -2.41. The van der Waals surface area contributed by atoms with Crippen LogP contribution in [0.4, 0.5) is 5.69 Å². The van der Waals surface area contributed by atoms with E-state index in [2.05, 4.69) is 57.3 Å². The molecule has 35 heavy (non-hydrogen) atoms. The number of anilines is 1. The van der Waals surface area contributed by atoms with Crippen LogP contribution in [0.5, 0.6) is 0 Å². The Morgan fingerprint density at radius 1 is 0.914 bits per heavy atom. The van der Waals surface area contributed by atoms with Crippen LogP contribution in [0.15, 0.2) is 72.1 Å². The summed E-state index contributed by atoms with van der Waals surface area (Å²) in [5.74, 6) is 0.294. The van der Waals surface area contributed by atoms with E-state index in [4.69, 9.17) is 0 Å². The van der Waals surface area contributed by atoms with E-state index in [0.717, 1.165) is 44.3 Å². The van der Waals surface area contributed by atoms with Crippen LogP contribution in [-0.4, -0.2) is 29.3 Å². The minimum atomic E-state index is -0.169. The average molecular weight is 486 g/mol. The lowest BCUT2D eigenvalue weighted by Crippen LogP contribution is -2.50. The Kier molecular flexibility index (Phi) is 6.06. The van der Waals surface area contributed by atoms with E-state index >= 15 is 0 Å². The van der Waals surface area contributed by atoms with E-state index in [1.54, 1.807) is 11.3 Å². The Labute approximate surface area is 210 Å². The number of para-hydroxylation sites is 1. The van der Waals surface area contributed by atoms with E-state index in [-0.39, 0.29) is 35.9 Å². The van der Waals surface area contributed by atoms with Gasteiger partial charge in [-0.2, -0.15) is 0 Å². The second-order valence-corrected chi connectivity index (χ2v) is 11.0. The molecular weight excluding hydrogens is 454 g/mol. The first-order chi connectivity index (χ1) is 17.2. The smallest absolute Gasteiger partial charge is 0.251 e. The Morgan fingerprint density at radius 3 is 2.54 bits per heavy atom. The van der Waals surface area contributed by atoms with Crippen molar-refractivity contribution in [2.75, 3.05) is 11.9 Å². The fraction of sp³-hybridized carbons (Fsp3) is 0.379. The topological polar surface area (TPSA) is 61.4 Å². The summed E-state index contributed by atoms with van der Waals surface area (Å²) in [4.78, 5) is 30.5. The summed E-state index contributed by atoms with van der Waals surface area (Å²) >= 11 is 1.78. The highest BCUT2D eigenvalue weighted by atomic mass is 32.1. The van der Waals surface area contributed by atoms with Crippen molar-refractivity contribution in [1.82, 2.24) is 10.2 Å². The molecule has 0 radical (unpaired) electrons. The molecule has 5 atom stereocenters. The van der Waals surface area contributed by atoms with Crippen molar-refractivity contribution in [1.29, 1.82) is 0 Å². The van der Waals surface area contributed by atoms with Gasteiger partial charge in [0.1, 0.15) is 0 Å². The molecule has 2 N–H and O–H groups in total. The number of nitrogens with one attached hydrogen (secondary N) is 2. The molecule has 6 rings (SSSR count). The fourth-order valence-corrected chi connectivity index (χ4v) is 7.23. The van der Waals surface area contributed by atoms with Crippen LogP contribution in [-0.2, 0) is 4.79 Å².